The van der Waals surface area contributed by atoms with Gasteiger partial charge in [0.05, 0.1) is 23.7 Å². The molecule has 13 heteroatoms. The van der Waals surface area contributed by atoms with E-state index in [1.165, 1.54) is 25.2 Å². The van der Waals surface area contributed by atoms with Gasteiger partial charge in [0.15, 0.2) is 5.84 Å². The molecule has 11 nitrogen and oxygen atoms in total. The number of nitrogens with zero attached hydrogens (tertiary/aromatic N) is 4. The molecule has 192 valence electrons. The molecular weight excluding hydrogens is 494 g/mol. The number of aliphatic hydroxyl groups excluding tert-OH is 1. The topological polar surface area (TPSA) is 140 Å². The maximum atomic E-state index is 13.5. The molecule has 0 aromatic heterocycles. The average molecular weight is 526 g/mol. The van der Waals surface area contributed by atoms with Crippen LogP contribution in [0.4, 0.5) is 11.4 Å². The Kier molecular flexibility index (Phi) is 6.17. The number of amidine groups is 1. The van der Waals surface area contributed by atoms with E-state index in [0.717, 1.165) is 17.0 Å². The molecule has 1 unspecified atom stereocenters. The summed E-state index contributed by atoms with van der Waals surface area (Å²) in [6.07, 6.45) is 3.15. The Bertz CT molecular complexity index is 1340. The lowest BCUT2D eigenvalue weighted by Gasteiger charge is -2.41. The van der Waals surface area contributed by atoms with Crippen molar-refractivity contribution in [1.29, 1.82) is 0 Å². The predicted molar refractivity (Wildman–Crippen MR) is 133 cm³/mol. The first kappa shape index (κ1) is 25.5. The van der Waals surface area contributed by atoms with E-state index in [1.54, 1.807) is 5.01 Å². The SMILES string of the molecule is CN(c1ccc2c(c1)S(=O)(=O)N=C(C1=C(O)C3CCCN3N(CCC(C)(C)C)C1=O)N2)S(C)(=O)=O. The first-order chi connectivity index (χ1) is 16.1. The van der Waals surface area contributed by atoms with Gasteiger partial charge in [0.1, 0.15) is 16.2 Å². The van der Waals surface area contributed by atoms with Crippen LogP contribution in [0.1, 0.15) is 40.0 Å². The number of hydrogen-bond donors (Lipinski definition) is 2. The first-order valence-electron chi connectivity index (χ1n) is 11.3. The Morgan fingerprint density at radius 3 is 2.60 bits per heavy atom. The van der Waals surface area contributed by atoms with Crippen LogP contribution in [0.15, 0.2) is 38.8 Å². The fourth-order valence-corrected chi connectivity index (χ4v) is 6.02. The standard InChI is InChI=1S/C22H31N5O6S2/c1-22(2,3)10-12-27-21(29)18(19(28)16-7-6-11-26(16)27)20-23-15-9-8-14(25(4)34(5,30)31)13-17(15)35(32,33)24-20/h8-9,13,16,28H,6-7,10-12H2,1-5H3,(H,23,24). The van der Waals surface area contributed by atoms with Crippen molar-refractivity contribution in [2.24, 2.45) is 9.81 Å². The number of hydrazine groups is 1. The molecular formula is C22H31N5O6S2. The van der Waals surface area contributed by atoms with Gasteiger partial charge < -0.3 is 10.4 Å². The Labute approximate surface area is 206 Å². The molecule has 0 spiro atoms. The van der Waals surface area contributed by atoms with Gasteiger partial charge in [-0.2, -0.15) is 8.42 Å². The van der Waals surface area contributed by atoms with Crippen LogP contribution >= 0.6 is 0 Å². The van der Waals surface area contributed by atoms with Gasteiger partial charge in [-0.3, -0.25) is 14.1 Å². The summed E-state index contributed by atoms with van der Waals surface area (Å²) in [6, 6.07) is 3.66. The molecule has 0 radical (unpaired) electrons. The molecule has 1 aromatic rings. The highest BCUT2D eigenvalue weighted by molar-refractivity contribution is 7.92. The van der Waals surface area contributed by atoms with Crippen molar-refractivity contribution in [3.05, 3.63) is 29.5 Å². The maximum absolute atomic E-state index is 13.5. The van der Waals surface area contributed by atoms with Gasteiger partial charge in [0, 0.05) is 20.1 Å². The second-order valence-corrected chi connectivity index (χ2v) is 13.9. The van der Waals surface area contributed by atoms with Crippen LogP contribution in [0.2, 0.25) is 0 Å². The molecule has 1 aromatic carbocycles. The Balaban J connectivity index is 1.74. The van der Waals surface area contributed by atoms with Gasteiger partial charge in [-0.1, -0.05) is 20.8 Å². The van der Waals surface area contributed by atoms with Gasteiger partial charge in [-0.15, -0.1) is 4.40 Å². The van der Waals surface area contributed by atoms with Gasteiger partial charge in [-0.25, -0.2) is 13.4 Å². The number of carbonyl (C=O) groups is 1. The normalized spacial score (nSPS) is 22.4. The fraction of sp³-hybridized carbons (Fsp3) is 0.545. The van der Waals surface area contributed by atoms with Gasteiger partial charge in [0.25, 0.3) is 15.9 Å². The summed E-state index contributed by atoms with van der Waals surface area (Å²) in [5, 5.41) is 17.4. The van der Waals surface area contributed by atoms with E-state index in [1.807, 2.05) is 5.01 Å². The number of nitrogens with one attached hydrogen (secondary N) is 1. The van der Waals surface area contributed by atoms with Crippen molar-refractivity contribution < 1.29 is 26.7 Å². The predicted octanol–water partition coefficient (Wildman–Crippen LogP) is 2.07. The zero-order valence-corrected chi connectivity index (χ0v) is 22.1. The number of rotatable bonds is 5. The number of amides is 1. The molecule has 1 fully saturated rings. The highest BCUT2D eigenvalue weighted by Gasteiger charge is 2.45. The smallest absolute Gasteiger partial charge is 0.286 e. The molecule has 1 atom stereocenters. The van der Waals surface area contributed by atoms with Crippen molar-refractivity contribution in [1.82, 2.24) is 10.0 Å². The van der Waals surface area contributed by atoms with Crippen LogP contribution in [0, 0.1) is 5.41 Å². The van der Waals surface area contributed by atoms with Crippen molar-refractivity contribution in [2.75, 3.05) is 36.0 Å². The number of carbonyl (C=O) groups excluding carboxylic acids is 1. The largest absolute Gasteiger partial charge is 0.510 e. The summed E-state index contributed by atoms with van der Waals surface area (Å²) in [5.41, 5.74) is 0.108. The number of hydrogen-bond acceptors (Lipinski definition) is 8. The van der Waals surface area contributed by atoms with Gasteiger partial charge in [0.2, 0.25) is 10.0 Å². The lowest BCUT2D eigenvalue weighted by atomic mass is 9.92. The quantitative estimate of drug-likeness (QED) is 0.595. The Hall–Kier alpha value is -2.64. The zero-order chi connectivity index (χ0) is 25.9. The van der Waals surface area contributed by atoms with E-state index in [4.69, 9.17) is 0 Å². The number of fused-ring (bicyclic) bond motifs is 2. The highest BCUT2D eigenvalue weighted by atomic mass is 32.2. The number of aliphatic hydroxyl groups is 1. The molecule has 3 aliphatic rings. The molecule has 4 rings (SSSR count). The molecule has 0 aliphatic carbocycles. The number of sulfonamides is 2. The van der Waals surface area contributed by atoms with Crippen molar-refractivity contribution >= 4 is 43.2 Å². The summed E-state index contributed by atoms with van der Waals surface area (Å²) in [6.45, 7) is 7.26. The minimum atomic E-state index is -4.29. The lowest BCUT2D eigenvalue weighted by molar-refractivity contribution is -0.149. The van der Waals surface area contributed by atoms with E-state index in [9.17, 15) is 26.7 Å². The molecule has 2 N–H and O–H groups in total. The third-order valence-electron chi connectivity index (χ3n) is 6.43. The molecule has 0 bridgehead atoms. The van der Waals surface area contributed by atoms with E-state index in [2.05, 4.69) is 30.5 Å². The van der Waals surface area contributed by atoms with Crippen LogP contribution < -0.4 is 9.62 Å². The van der Waals surface area contributed by atoms with Crippen LogP contribution in [-0.2, 0) is 24.8 Å². The second kappa shape index (κ2) is 8.49. The van der Waals surface area contributed by atoms with Crippen molar-refractivity contribution in [3.8, 4) is 0 Å². The molecule has 35 heavy (non-hydrogen) atoms. The minimum Gasteiger partial charge on any atom is -0.510 e. The monoisotopic (exact) mass is 525 g/mol. The molecule has 3 heterocycles. The summed E-state index contributed by atoms with van der Waals surface area (Å²) in [5.74, 6) is -0.947. The van der Waals surface area contributed by atoms with Crippen LogP contribution in [-0.4, -0.2) is 76.1 Å². The zero-order valence-electron chi connectivity index (χ0n) is 20.4. The molecule has 0 saturated carbocycles. The Morgan fingerprint density at radius 2 is 1.97 bits per heavy atom. The minimum absolute atomic E-state index is 0.0292. The van der Waals surface area contributed by atoms with Crippen LogP contribution in [0.25, 0.3) is 0 Å². The molecule has 3 aliphatic heterocycles. The average Bonchev–Trinajstić information content (AvgIpc) is 3.21. The summed E-state index contributed by atoms with van der Waals surface area (Å²) >= 11 is 0. The summed E-state index contributed by atoms with van der Waals surface area (Å²) < 4.78 is 54.7. The van der Waals surface area contributed by atoms with E-state index < -0.39 is 32.0 Å². The van der Waals surface area contributed by atoms with Crippen molar-refractivity contribution in [2.45, 2.75) is 51.0 Å². The van der Waals surface area contributed by atoms with E-state index in [0.29, 0.717) is 25.9 Å². The van der Waals surface area contributed by atoms with E-state index >= 15 is 0 Å². The highest BCUT2D eigenvalue weighted by Crippen LogP contribution is 2.37. The first-order valence-corrected chi connectivity index (χ1v) is 14.6. The van der Waals surface area contributed by atoms with Crippen LogP contribution in [0.3, 0.4) is 0 Å². The molecule has 1 amide bonds. The number of benzene rings is 1. The summed E-state index contributed by atoms with van der Waals surface area (Å²) in [4.78, 5) is 13.3. The van der Waals surface area contributed by atoms with Gasteiger partial charge >= 0.3 is 0 Å². The van der Waals surface area contributed by atoms with Crippen molar-refractivity contribution in [3.63, 3.8) is 0 Å². The van der Waals surface area contributed by atoms with Crippen LogP contribution in [0.5, 0.6) is 0 Å². The lowest BCUT2D eigenvalue weighted by Crippen LogP contribution is -2.56. The number of anilines is 2. The van der Waals surface area contributed by atoms with Gasteiger partial charge in [-0.05, 0) is 42.9 Å². The second-order valence-electron chi connectivity index (χ2n) is 10.3. The van der Waals surface area contributed by atoms with E-state index in [-0.39, 0.29) is 38.9 Å². The third-order valence-corrected chi connectivity index (χ3v) is 8.96. The third kappa shape index (κ3) is 4.76. The Morgan fingerprint density at radius 1 is 1.29 bits per heavy atom. The fourth-order valence-electron chi connectivity index (χ4n) is 4.38. The molecule has 1 saturated heterocycles. The maximum Gasteiger partial charge on any atom is 0.286 e. The summed E-state index contributed by atoms with van der Waals surface area (Å²) in [7, 11) is -6.58.